The van der Waals surface area contributed by atoms with E-state index in [4.69, 9.17) is 4.74 Å². The first-order chi connectivity index (χ1) is 15.6. The Balaban J connectivity index is 1.60. The maximum atomic E-state index is 13.5. The van der Waals surface area contributed by atoms with Crippen molar-refractivity contribution in [2.45, 2.75) is 20.3 Å². The van der Waals surface area contributed by atoms with Crippen LogP contribution >= 0.6 is 0 Å². The van der Waals surface area contributed by atoms with Crippen LogP contribution in [0.4, 0.5) is 0 Å². The molecular formula is C30H24O2. The summed E-state index contributed by atoms with van der Waals surface area (Å²) in [5.74, 6) is 0.295. The average Bonchev–Trinajstić information content (AvgIpc) is 2.79. The standard InChI is InChI=1S/C30H24O2/c1-20-12-14-27-25(17-20)19-23-10-6-7-11-26(23)29(27)32-30(31)28-15-13-21(2)16-24(28)18-22-8-4-3-5-9-22/h3-17,19H,18H2,1-2H3. The Morgan fingerprint density at radius 3 is 2.22 bits per heavy atom. The van der Waals surface area contributed by atoms with Crippen molar-refractivity contribution in [2.24, 2.45) is 0 Å². The Hall–Kier alpha value is -3.91. The third kappa shape index (κ3) is 3.88. The Labute approximate surface area is 188 Å². The number of benzene rings is 5. The number of hydrogen-bond donors (Lipinski definition) is 0. The lowest BCUT2D eigenvalue weighted by atomic mass is 9.97. The van der Waals surface area contributed by atoms with Crippen molar-refractivity contribution < 1.29 is 9.53 Å². The minimum Gasteiger partial charge on any atom is -0.422 e. The van der Waals surface area contributed by atoms with Crippen LogP contribution in [0.5, 0.6) is 5.75 Å². The van der Waals surface area contributed by atoms with Gasteiger partial charge in [-0.05, 0) is 54.3 Å². The van der Waals surface area contributed by atoms with E-state index in [1.54, 1.807) is 0 Å². The van der Waals surface area contributed by atoms with Crippen molar-refractivity contribution in [3.05, 3.63) is 125 Å². The molecule has 0 radical (unpaired) electrons. The van der Waals surface area contributed by atoms with Gasteiger partial charge in [-0.2, -0.15) is 0 Å². The first kappa shape index (κ1) is 20.0. The molecule has 0 aliphatic heterocycles. The highest BCUT2D eigenvalue weighted by Crippen LogP contribution is 2.36. The number of hydrogen-bond acceptors (Lipinski definition) is 2. The number of aryl methyl sites for hydroxylation is 2. The molecule has 0 aromatic heterocycles. The van der Waals surface area contributed by atoms with Crippen LogP contribution in [0.3, 0.4) is 0 Å². The Morgan fingerprint density at radius 2 is 1.38 bits per heavy atom. The molecule has 5 rings (SSSR count). The minimum absolute atomic E-state index is 0.325. The van der Waals surface area contributed by atoms with Crippen LogP contribution in [0.25, 0.3) is 21.5 Å². The molecule has 2 heteroatoms. The van der Waals surface area contributed by atoms with E-state index in [9.17, 15) is 4.79 Å². The molecule has 2 nitrogen and oxygen atoms in total. The Morgan fingerprint density at radius 1 is 0.688 bits per heavy atom. The van der Waals surface area contributed by atoms with Gasteiger partial charge in [0.25, 0.3) is 0 Å². The number of esters is 1. The number of ether oxygens (including phenoxy) is 1. The molecule has 32 heavy (non-hydrogen) atoms. The summed E-state index contributed by atoms with van der Waals surface area (Å²) >= 11 is 0. The zero-order valence-corrected chi connectivity index (χ0v) is 18.3. The van der Waals surface area contributed by atoms with Crippen molar-refractivity contribution >= 4 is 27.5 Å². The molecular weight excluding hydrogens is 392 g/mol. The van der Waals surface area contributed by atoms with E-state index < -0.39 is 0 Å². The molecule has 0 bridgehead atoms. The number of fused-ring (bicyclic) bond motifs is 2. The summed E-state index contributed by atoms with van der Waals surface area (Å²) in [5.41, 5.74) is 5.04. The van der Waals surface area contributed by atoms with E-state index in [1.165, 1.54) is 11.1 Å². The van der Waals surface area contributed by atoms with E-state index >= 15 is 0 Å². The summed E-state index contributed by atoms with van der Waals surface area (Å²) in [4.78, 5) is 13.5. The van der Waals surface area contributed by atoms with E-state index in [0.29, 0.717) is 17.7 Å². The molecule has 0 saturated heterocycles. The molecule has 0 saturated carbocycles. The minimum atomic E-state index is -0.325. The highest BCUT2D eigenvalue weighted by atomic mass is 16.5. The maximum absolute atomic E-state index is 13.5. The Kier molecular flexibility index (Phi) is 5.20. The van der Waals surface area contributed by atoms with E-state index in [0.717, 1.165) is 32.7 Å². The second kappa shape index (κ2) is 8.32. The van der Waals surface area contributed by atoms with E-state index in [2.05, 4.69) is 49.4 Å². The van der Waals surface area contributed by atoms with Gasteiger partial charge < -0.3 is 4.74 Å². The summed E-state index contributed by atoms with van der Waals surface area (Å²) in [7, 11) is 0. The normalized spacial score (nSPS) is 11.1. The summed E-state index contributed by atoms with van der Waals surface area (Å²) in [6.45, 7) is 4.12. The second-order valence-electron chi connectivity index (χ2n) is 8.36. The molecule has 5 aromatic carbocycles. The highest BCUT2D eigenvalue weighted by Gasteiger charge is 2.18. The molecule has 0 N–H and O–H groups in total. The third-order valence-corrected chi connectivity index (χ3v) is 5.88. The molecule has 5 aromatic rings. The van der Waals surface area contributed by atoms with Crippen molar-refractivity contribution in [1.82, 2.24) is 0 Å². The number of carbonyl (C=O) groups excluding carboxylic acids is 1. The first-order valence-corrected chi connectivity index (χ1v) is 10.9. The van der Waals surface area contributed by atoms with Crippen LogP contribution in [-0.2, 0) is 6.42 Å². The van der Waals surface area contributed by atoms with Gasteiger partial charge in [0, 0.05) is 10.8 Å². The molecule has 0 heterocycles. The van der Waals surface area contributed by atoms with Crippen molar-refractivity contribution in [3.8, 4) is 5.75 Å². The van der Waals surface area contributed by atoms with Crippen LogP contribution in [-0.4, -0.2) is 5.97 Å². The average molecular weight is 417 g/mol. The largest absolute Gasteiger partial charge is 0.422 e. The molecule has 0 atom stereocenters. The van der Waals surface area contributed by atoms with Gasteiger partial charge in [0.15, 0.2) is 0 Å². The zero-order chi connectivity index (χ0) is 22.1. The summed E-state index contributed by atoms with van der Waals surface area (Å²) in [6, 6.07) is 32.6. The molecule has 0 fully saturated rings. The molecule has 156 valence electrons. The van der Waals surface area contributed by atoms with Crippen LogP contribution < -0.4 is 4.74 Å². The molecule has 0 amide bonds. The molecule has 0 spiro atoms. The summed E-state index contributed by atoms with van der Waals surface area (Å²) in [6.07, 6.45) is 0.683. The highest BCUT2D eigenvalue weighted by molar-refractivity contribution is 6.08. The topological polar surface area (TPSA) is 26.3 Å². The maximum Gasteiger partial charge on any atom is 0.343 e. The fourth-order valence-electron chi connectivity index (χ4n) is 4.29. The van der Waals surface area contributed by atoms with Gasteiger partial charge in [0.05, 0.1) is 5.56 Å². The molecule has 0 unspecified atom stereocenters. The van der Waals surface area contributed by atoms with Gasteiger partial charge in [-0.3, -0.25) is 0 Å². The predicted octanol–water partition coefficient (Wildman–Crippen LogP) is 7.42. The lowest BCUT2D eigenvalue weighted by Crippen LogP contribution is -2.12. The lowest BCUT2D eigenvalue weighted by Gasteiger charge is -2.14. The fourth-order valence-corrected chi connectivity index (χ4v) is 4.29. The molecule has 0 aliphatic rings. The smallest absolute Gasteiger partial charge is 0.343 e. The lowest BCUT2D eigenvalue weighted by molar-refractivity contribution is 0.0738. The monoisotopic (exact) mass is 416 g/mol. The van der Waals surface area contributed by atoms with Crippen LogP contribution in [0.2, 0.25) is 0 Å². The molecule has 0 aliphatic carbocycles. The van der Waals surface area contributed by atoms with E-state index in [-0.39, 0.29) is 5.97 Å². The van der Waals surface area contributed by atoms with Crippen LogP contribution in [0.1, 0.15) is 32.6 Å². The van der Waals surface area contributed by atoms with Gasteiger partial charge in [0.1, 0.15) is 5.75 Å². The first-order valence-electron chi connectivity index (χ1n) is 10.9. The van der Waals surface area contributed by atoms with Gasteiger partial charge in [-0.25, -0.2) is 4.79 Å². The Bertz CT molecular complexity index is 1450. The van der Waals surface area contributed by atoms with Gasteiger partial charge >= 0.3 is 5.97 Å². The summed E-state index contributed by atoms with van der Waals surface area (Å²) < 4.78 is 6.15. The zero-order valence-electron chi connectivity index (χ0n) is 18.3. The van der Waals surface area contributed by atoms with Gasteiger partial charge in [-0.15, -0.1) is 0 Å². The van der Waals surface area contributed by atoms with Gasteiger partial charge in [0.2, 0.25) is 0 Å². The quantitative estimate of drug-likeness (QED) is 0.173. The third-order valence-electron chi connectivity index (χ3n) is 5.88. The number of rotatable bonds is 4. The number of carbonyl (C=O) groups is 1. The van der Waals surface area contributed by atoms with Crippen molar-refractivity contribution in [1.29, 1.82) is 0 Å². The second-order valence-corrected chi connectivity index (χ2v) is 8.36. The SMILES string of the molecule is Cc1ccc(C(=O)Oc2c3ccccc3cc3cc(C)ccc23)c(Cc2ccccc2)c1. The van der Waals surface area contributed by atoms with Crippen LogP contribution in [0.15, 0.2) is 97.1 Å². The predicted molar refractivity (Wildman–Crippen MR) is 132 cm³/mol. The van der Waals surface area contributed by atoms with Gasteiger partial charge in [-0.1, -0.05) is 96.1 Å². The fraction of sp³-hybridized carbons (Fsp3) is 0.100. The van der Waals surface area contributed by atoms with E-state index in [1.807, 2.05) is 61.5 Å². The van der Waals surface area contributed by atoms with Crippen molar-refractivity contribution in [3.63, 3.8) is 0 Å². The summed E-state index contributed by atoms with van der Waals surface area (Å²) in [5, 5.41) is 4.01. The van der Waals surface area contributed by atoms with Crippen LogP contribution in [0, 0.1) is 13.8 Å². The van der Waals surface area contributed by atoms with Crippen molar-refractivity contribution in [2.75, 3.05) is 0 Å².